The van der Waals surface area contributed by atoms with Crippen molar-refractivity contribution in [1.29, 1.82) is 0 Å². The first-order chi connectivity index (χ1) is 17.4. The minimum absolute atomic E-state index is 0.267. The second kappa shape index (κ2) is 9.93. The molecular weight excluding hydrogens is 519 g/mol. The molecule has 4 aromatic rings. The maximum absolute atomic E-state index is 13.6. The zero-order chi connectivity index (χ0) is 25.4. The molecule has 0 saturated carbocycles. The number of allylic oxidation sites excluding steroid dienone is 1. The first-order valence-corrected chi connectivity index (χ1v) is 12.7. The quantitative estimate of drug-likeness (QED) is 0.320. The molecule has 0 unspecified atom stereocenters. The summed E-state index contributed by atoms with van der Waals surface area (Å²) in [5, 5.41) is 0.883. The van der Waals surface area contributed by atoms with Gasteiger partial charge in [-0.2, -0.15) is 0 Å². The molecular formula is C27H20Cl2N2O4S. The van der Waals surface area contributed by atoms with Crippen molar-refractivity contribution in [3.05, 3.63) is 113 Å². The van der Waals surface area contributed by atoms with E-state index in [0.29, 0.717) is 48.6 Å². The van der Waals surface area contributed by atoms with Crippen LogP contribution in [-0.4, -0.2) is 17.6 Å². The van der Waals surface area contributed by atoms with E-state index in [4.69, 9.17) is 32.4 Å². The van der Waals surface area contributed by atoms with Crippen LogP contribution in [0.4, 0.5) is 0 Å². The van der Waals surface area contributed by atoms with Crippen molar-refractivity contribution >= 4 is 46.6 Å². The number of ether oxygens (including phenoxy) is 1. The summed E-state index contributed by atoms with van der Waals surface area (Å²) >= 11 is 13.4. The lowest BCUT2D eigenvalue weighted by atomic mass is 9.95. The van der Waals surface area contributed by atoms with Gasteiger partial charge in [-0.1, -0.05) is 71.8 Å². The second-order valence-electron chi connectivity index (χ2n) is 8.03. The Morgan fingerprint density at radius 1 is 1.14 bits per heavy atom. The zero-order valence-corrected chi connectivity index (χ0v) is 21.7. The highest BCUT2D eigenvalue weighted by molar-refractivity contribution is 7.07. The molecule has 5 rings (SSSR count). The number of fused-ring (bicyclic) bond motifs is 1. The number of hydrogen-bond acceptors (Lipinski definition) is 6. The summed E-state index contributed by atoms with van der Waals surface area (Å²) in [7, 11) is 1.33. The van der Waals surface area contributed by atoms with Gasteiger partial charge in [-0.15, -0.1) is 0 Å². The predicted molar refractivity (Wildman–Crippen MR) is 141 cm³/mol. The van der Waals surface area contributed by atoms with E-state index in [1.54, 1.807) is 34.9 Å². The molecule has 0 spiro atoms. The molecule has 0 N–H and O–H groups in total. The van der Waals surface area contributed by atoms with Crippen LogP contribution in [0.1, 0.15) is 30.7 Å². The molecule has 0 saturated heterocycles. The average Bonchev–Trinajstić information content (AvgIpc) is 3.49. The van der Waals surface area contributed by atoms with Crippen LogP contribution in [0.5, 0.6) is 0 Å². The summed E-state index contributed by atoms with van der Waals surface area (Å²) in [6.45, 7) is 1.92. The number of esters is 1. The lowest BCUT2D eigenvalue weighted by molar-refractivity contribution is -0.136. The minimum Gasteiger partial charge on any atom is -0.466 e. The summed E-state index contributed by atoms with van der Waals surface area (Å²) in [4.78, 5) is 31.7. The van der Waals surface area contributed by atoms with Crippen LogP contribution in [0.25, 0.3) is 17.4 Å². The van der Waals surface area contributed by atoms with Gasteiger partial charge in [-0.3, -0.25) is 9.36 Å². The molecule has 1 aliphatic heterocycles. The van der Waals surface area contributed by atoms with Crippen LogP contribution in [-0.2, 0) is 9.53 Å². The van der Waals surface area contributed by atoms with Gasteiger partial charge in [0.15, 0.2) is 4.80 Å². The normalized spacial score (nSPS) is 15.6. The van der Waals surface area contributed by atoms with Gasteiger partial charge in [0, 0.05) is 11.6 Å². The Hall–Kier alpha value is -3.39. The fraction of sp³-hybridized carbons (Fsp3) is 0.148. The largest absolute Gasteiger partial charge is 0.466 e. The molecule has 1 aliphatic rings. The van der Waals surface area contributed by atoms with Gasteiger partial charge in [0.05, 0.1) is 39.0 Å². The van der Waals surface area contributed by atoms with Crippen molar-refractivity contribution in [2.24, 2.45) is 4.99 Å². The number of thiazole rings is 1. The molecule has 0 bridgehead atoms. The molecule has 1 atom stereocenters. The van der Waals surface area contributed by atoms with Gasteiger partial charge in [0.1, 0.15) is 11.5 Å². The maximum Gasteiger partial charge on any atom is 0.338 e. The van der Waals surface area contributed by atoms with E-state index in [2.05, 4.69) is 4.99 Å². The van der Waals surface area contributed by atoms with Crippen molar-refractivity contribution in [3.8, 4) is 11.3 Å². The topological polar surface area (TPSA) is 73.8 Å². The summed E-state index contributed by atoms with van der Waals surface area (Å²) in [5.41, 5.74) is 2.27. The molecule has 0 amide bonds. The molecule has 9 heteroatoms. The summed E-state index contributed by atoms with van der Waals surface area (Å²) in [5.74, 6) is 0.590. The van der Waals surface area contributed by atoms with Crippen LogP contribution in [0, 0.1) is 0 Å². The Morgan fingerprint density at radius 2 is 1.92 bits per heavy atom. The van der Waals surface area contributed by atoms with Crippen LogP contribution >= 0.6 is 34.5 Å². The number of hydrogen-bond donors (Lipinski definition) is 0. The first kappa shape index (κ1) is 24.3. The lowest BCUT2D eigenvalue weighted by Crippen LogP contribution is -2.40. The molecule has 182 valence electrons. The van der Waals surface area contributed by atoms with Gasteiger partial charge >= 0.3 is 5.97 Å². The van der Waals surface area contributed by atoms with Crippen molar-refractivity contribution in [3.63, 3.8) is 0 Å². The van der Waals surface area contributed by atoms with Crippen molar-refractivity contribution in [2.75, 3.05) is 7.11 Å². The number of furan rings is 1. The van der Waals surface area contributed by atoms with E-state index in [-0.39, 0.29) is 5.56 Å². The van der Waals surface area contributed by atoms with Gasteiger partial charge < -0.3 is 9.15 Å². The third-order valence-electron chi connectivity index (χ3n) is 5.87. The SMILES string of the molecule is CCC1=C(C(=O)OC)[C@H](c2ccccc2)n2c(s/c(=C/c3ccc(-c4ccc(Cl)c(Cl)c4)o3)c2=O)=N1. The van der Waals surface area contributed by atoms with Crippen molar-refractivity contribution in [1.82, 2.24) is 4.57 Å². The highest BCUT2D eigenvalue weighted by Gasteiger charge is 2.33. The highest BCUT2D eigenvalue weighted by Crippen LogP contribution is 2.32. The molecule has 0 radical (unpaired) electrons. The summed E-state index contributed by atoms with van der Waals surface area (Å²) < 4.78 is 13.0. The van der Waals surface area contributed by atoms with Gasteiger partial charge in [0.2, 0.25) is 0 Å². The number of carbonyl (C=O) groups excluding carboxylic acids is 1. The van der Waals surface area contributed by atoms with Crippen LogP contribution < -0.4 is 14.9 Å². The molecule has 2 aromatic heterocycles. The van der Waals surface area contributed by atoms with Crippen molar-refractivity contribution in [2.45, 2.75) is 19.4 Å². The van der Waals surface area contributed by atoms with E-state index < -0.39 is 12.0 Å². The van der Waals surface area contributed by atoms with E-state index in [1.807, 2.05) is 43.3 Å². The fourth-order valence-electron chi connectivity index (χ4n) is 4.18. The average molecular weight is 539 g/mol. The van der Waals surface area contributed by atoms with E-state index in [0.717, 1.165) is 11.1 Å². The molecule has 3 heterocycles. The standard InChI is InChI=1S/C27H20Cl2N2O4S/c1-3-20-23(26(33)34-2)24(15-7-5-4-6-8-15)31-25(32)22(36-27(31)30-20)14-17-10-12-21(35-17)16-9-11-18(28)19(29)13-16/h4-14,24H,3H2,1-2H3/b22-14+/t24-/m0/s1. The number of carbonyl (C=O) groups is 1. The van der Waals surface area contributed by atoms with E-state index >= 15 is 0 Å². The Bertz CT molecular complexity index is 1680. The monoisotopic (exact) mass is 538 g/mol. The number of methoxy groups -OCH3 is 1. The molecule has 2 aromatic carbocycles. The first-order valence-electron chi connectivity index (χ1n) is 11.1. The summed E-state index contributed by atoms with van der Waals surface area (Å²) in [6, 6.07) is 17.6. The van der Waals surface area contributed by atoms with E-state index in [1.165, 1.54) is 18.4 Å². The molecule has 6 nitrogen and oxygen atoms in total. The lowest BCUT2D eigenvalue weighted by Gasteiger charge is -2.25. The van der Waals surface area contributed by atoms with Crippen LogP contribution in [0.3, 0.4) is 0 Å². The van der Waals surface area contributed by atoms with Gasteiger partial charge in [-0.25, -0.2) is 9.79 Å². The minimum atomic E-state index is -0.643. The Labute approximate surface area is 220 Å². The summed E-state index contributed by atoms with van der Waals surface area (Å²) in [6.07, 6.45) is 2.20. The highest BCUT2D eigenvalue weighted by atomic mass is 35.5. The van der Waals surface area contributed by atoms with Crippen molar-refractivity contribution < 1.29 is 13.9 Å². The maximum atomic E-state index is 13.6. The third kappa shape index (κ3) is 4.34. The number of aromatic nitrogens is 1. The van der Waals surface area contributed by atoms with Crippen LogP contribution in [0.2, 0.25) is 10.0 Å². The number of nitrogens with zero attached hydrogens (tertiary/aromatic N) is 2. The predicted octanol–water partition coefficient (Wildman–Crippen LogP) is 5.37. The second-order valence-corrected chi connectivity index (χ2v) is 9.85. The number of rotatable bonds is 5. The Balaban J connectivity index is 1.65. The molecule has 36 heavy (non-hydrogen) atoms. The Kier molecular flexibility index (Phi) is 6.71. The fourth-order valence-corrected chi connectivity index (χ4v) is 5.48. The third-order valence-corrected chi connectivity index (χ3v) is 7.59. The number of halogens is 2. The van der Waals surface area contributed by atoms with E-state index in [9.17, 15) is 9.59 Å². The van der Waals surface area contributed by atoms with Gasteiger partial charge in [-0.05, 0) is 42.3 Å². The smallest absolute Gasteiger partial charge is 0.338 e. The van der Waals surface area contributed by atoms with Gasteiger partial charge in [0.25, 0.3) is 5.56 Å². The Morgan fingerprint density at radius 3 is 2.61 bits per heavy atom. The molecule has 0 fully saturated rings. The number of benzene rings is 2. The molecule has 0 aliphatic carbocycles. The zero-order valence-electron chi connectivity index (χ0n) is 19.3. The van der Waals surface area contributed by atoms with Crippen LogP contribution in [0.15, 0.2) is 86.1 Å².